The van der Waals surface area contributed by atoms with Crippen LogP contribution in [0.2, 0.25) is 0 Å². The molecule has 110 heavy (non-hydrogen) atoms. The van der Waals surface area contributed by atoms with Gasteiger partial charge in [0.1, 0.15) is 46.0 Å². The fraction of sp³-hybridized carbons (Fsp3) is 0.500. The van der Waals surface area contributed by atoms with E-state index in [1.807, 2.05) is 84.9 Å². The minimum Gasteiger partial charge on any atom is -0.508 e. The number of fused-ring (bicyclic) bond motifs is 8. The lowest BCUT2D eigenvalue weighted by atomic mass is 9.76. The first-order chi connectivity index (χ1) is 54.2. The van der Waals surface area contributed by atoms with E-state index in [0.29, 0.717) is 85.1 Å². The Hall–Kier alpha value is -9.04. The normalized spacial score (nSPS) is 15.8. The van der Waals surface area contributed by atoms with E-state index in [4.69, 9.17) is 58.3 Å². The van der Waals surface area contributed by atoms with Crippen LogP contribution in [0.25, 0.3) is 33.1 Å². The second-order valence-corrected chi connectivity index (χ2v) is 32.0. The molecule has 2 unspecified atom stereocenters. The highest BCUT2D eigenvalue weighted by Gasteiger charge is 2.39. The number of hydrogen-bond donors (Lipinski definition) is 2. The zero-order valence-electron chi connectivity index (χ0n) is 66.2. The lowest BCUT2D eigenvalue weighted by Gasteiger charge is -2.30. The van der Waals surface area contributed by atoms with Gasteiger partial charge in [-0.25, -0.2) is 29.9 Å². The molecule has 4 atom stereocenters. The molecule has 3 aromatic heterocycles. The van der Waals surface area contributed by atoms with Crippen LogP contribution in [0.4, 0.5) is 0 Å². The minimum absolute atomic E-state index is 0.0666. The Kier molecular flexibility index (Phi) is 27.4. The molecule has 14 rings (SSSR count). The molecule has 14 nitrogen and oxygen atoms in total. The monoisotopic (exact) mass is 1480 g/mol. The summed E-state index contributed by atoms with van der Waals surface area (Å²) in [7, 11) is 0. The van der Waals surface area contributed by atoms with Crippen LogP contribution >= 0.6 is 0 Å². The summed E-state index contributed by atoms with van der Waals surface area (Å²) in [5, 5.41) is 26.8. The van der Waals surface area contributed by atoms with E-state index >= 15 is 0 Å². The maximum Gasteiger partial charge on any atom is 0.284 e. The molecule has 0 amide bonds. The van der Waals surface area contributed by atoms with Crippen molar-refractivity contribution in [3.8, 4) is 81.3 Å². The summed E-state index contributed by atoms with van der Waals surface area (Å²) < 4.78 is 44.7. The maximum atomic E-state index is 13.4. The predicted octanol–water partition coefficient (Wildman–Crippen LogP) is 29.1. The van der Waals surface area contributed by atoms with Crippen molar-refractivity contribution in [3.63, 3.8) is 0 Å². The molecule has 3 aliphatic heterocycles. The molecule has 10 aromatic rings. The number of phenolic OH excluding ortho intramolecular Hbond substituents is 2. The first kappa shape index (κ1) is 77.7. The summed E-state index contributed by atoms with van der Waals surface area (Å²) in [6, 6.07) is 40.5. The van der Waals surface area contributed by atoms with E-state index < -0.39 is 5.92 Å². The highest BCUT2D eigenvalue weighted by atomic mass is 16.6. The molecule has 6 heterocycles. The molecule has 0 fully saturated rings. The van der Waals surface area contributed by atoms with Gasteiger partial charge in [0, 0.05) is 92.4 Å². The van der Waals surface area contributed by atoms with Gasteiger partial charge in [-0.2, -0.15) is 0 Å². The Balaban J connectivity index is 1.04. The van der Waals surface area contributed by atoms with Crippen LogP contribution in [0.3, 0.4) is 0 Å². The molecule has 0 spiro atoms. The van der Waals surface area contributed by atoms with Crippen LogP contribution in [0, 0.1) is 0 Å². The molecule has 2 N–H and O–H groups in total. The van der Waals surface area contributed by atoms with Gasteiger partial charge in [-0.1, -0.05) is 295 Å². The van der Waals surface area contributed by atoms with Crippen molar-refractivity contribution in [2.75, 3.05) is 0 Å². The van der Waals surface area contributed by atoms with E-state index in [-0.39, 0.29) is 64.5 Å². The molecule has 14 heteroatoms. The number of hydrogen-bond acceptors (Lipinski definition) is 14. The van der Waals surface area contributed by atoms with Gasteiger partial charge in [0.2, 0.25) is 0 Å². The van der Waals surface area contributed by atoms with Gasteiger partial charge in [-0.3, -0.25) is 0 Å². The smallest absolute Gasteiger partial charge is 0.284 e. The molecular formula is C96H118N6O8. The Morgan fingerprint density at radius 3 is 0.600 bits per heavy atom. The van der Waals surface area contributed by atoms with Crippen LogP contribution in [0.1, 0.15) is 353 Å². The quantitative estimate of drug-likeness (QED) is 0.0347. The van der Waals surface area contributed by atoms with Crippen molar-refractivity contribution in [2.24, 2.45) is 0 Å². The number of aromatic hydroxyl groups is 2. The largest absolute Gasteiger partial charge is 0.508 e. The van der Waals surface area contributed by atoms with Gasteiger partial charge >= 0.3 is 0 Å². The fourth-order valence-corrected chi connectivity index (χ4v) is 17.6. The average Bonchev–Trinajstić information content (AvgIpc) is 1.53. The van der Waals surface area contributed by atoms with Crippen LogP contribution < -0.4 is 28.4 Å². The van der Waals surface area contributed by atoms with Crippen molar-refractivity contribution in [1.82, 2.24) is 29.9 Å². The summed E-state index contributed by atoms with van der Waals surface area (Å²) in [5.41, 5.74) is 10.8. The third-order valence-corrected chi connectivity index (χ3v) is 23.8. The molecule has 0 saturated heterocycles. The van der Waals surface area contributed by atoms with E-state index in [1.165, 1.54) is 154 Å². The number of unbranched alkanes of at least 4 members (excludes halogenated alkanes) is 32. The minimum atomic E-state index is -0.495. The van der Waals surface area contributed by atoms with Gasteiger partial charge in [0.15, 0.2) is 0 Å². The van der Waals surface area contributed by atoms with Gasteiger partial charge in [-0.15, -0.1) is 0 Å². The molecule has 4 aliphatic rings. The second-order valence-electron chi connectivity index (χ2n) is 32.0. The Bertz CT molecular complexity index is 4440. The van der Waals surface area contributed by atoms with Crippen molar-refractivity contribution in [3.05, 3.63) is 166 Å². The van der Waals surface area contributed by atoms with E-state index in [0.717, 1.165) is 130 Å². The Labute approximate surface area is 653 Å². The van der Waals surface area contributed by atoms with Crippen molar-refractivity contribution in [1.29, 1.82) is 0 Å². The molecule has 580 valence electrons. The molecular weight excluding hydrogens is 1370 g/mol. The zero-order valence-corrected chi connectivity index (χ0v) is 66.2. The average molecular weight is 1480 g/mol. The molecule has 7 aromatic carbocycles. The molecule has 8 bridgehead atoms. The number of phenols is 2. The van der Waals surface area contributed by atoms with Crippen molar-refractivity contribution in [2.45, 2.75) is 308 Å². The maximum absolute atomic E-state index is 13.4. The van der Waals surface area contributed by atoms with Gasteiger partial charge in [0.05, 0.1) is 33.1 Å². The van der Waals surface area contributed by atoms with Crippen LogP contribution in [-0.4, -0.2) is 40.1 Å². The first-order valence-electron chi connectivity index (χ1n) is 43.2. The topological polar surface area (TPSA) is 173 Å². The number of nitrogens with zero attached hydrogens (tertiary/aromatic N) is 6. The standard InChI is InChI=1S/C96H118N6O8/c1-5-9-13-17-21-25-29-33-37-47-65-69-57-71-66(48-38-34-30-26-22-18-14-10-6-2)73-59-75-68(50-40-36-32-28-24-20-16-12-8-4)76-60-74-67(49-39-35-31-27-23-19-15-11-7-3)72-58-70(65)84(104)62-86(72)106-92-94(100-80-54-44-42-52-78(80)98-92)108-88(74)64-90(76)110-96-95(101-81-55-45-46-56-82(81)102-96)109-89(75)63-87(73)107-93-91(105-85(71)61-83(69)103)97-77-51-41-43-53-79(77)99-93/h41-46,51-68,103-104H,5-40,47-50H2,1-4H3/t65?,66-,67+,68?. The summed E-state index contributed by atoms with van der Waals surface area (Å²) in [5.74, 6) is 2.76. The van der Waals surface area contributed by atoms with Crippen molar-refractivity contribution >= 4 is 33.1 Å². The van der Waals surface area contributed by atoms with Gasteiger partial charge in [-0.05, 0) is 86.3 Å². The molecule has 0 radical (unpaired) electrons. The van der Waals surface area contributed by atoms with Crippen LogP contribution in [0.5, 0.6) is 81.3 Å². The third kappa shape index (κ3) is 18.9. The summed E-state index contributed by atoms with van der Waals surface area (Å²) in [4.78, 5) is 31.6. The van der Waals surface area contributed by atoms with E-state index in [9.17, 15) is 10.2 Å². The van der Waals surface area contributed by atoms with Gasteiger partial charge in [0.25, 0.3) is 35.3 Å². The summed E-state index contributed by atoms with van der Waals surface area (Å²) in [6.07, 6.45) is 44.7. The highest BCUT2D eigenvalue weighted by molar-refractivity contribution is 5.79. The first-order valence-corrected chi connectivity index (χ1v) is 43.2. The SMILES string of the molecule is CCCCCCCCCCCC1c2cc3c(cc2O)Oc2nc4ccccc4nc2Oc2cc4c(cc2[C@@H]3CCCCCCCCCCC)C(CCCCCCCCCCC)c2cc3c(cc2Oc2nc5ccccc5nc2O4)Oc2nc4ccccc4nc2Oc2cc(O)c1cc2[C@@H]3CCCCCCCCCCC. The number of ether oxygens (including phenoxy) is 6. The zero-order chi connectivity index (χ0) is 75.4. The molecule has 1 aliphatic carbocycles. The van der Waals surface area contributed by atoms with Crippen LogP contribution in [0.15, 0.2) is 121 Å². The summed E-state index contributed by atoms with van der Waals surface area (Å²) >= 11 is 0. The third-order valence-electron chi connectivity index (χ3n) is 23.8. The van der Waals surface area contributed by atoms with Gasteiger partial charge < -0.3 is 38.6 Å². The van der Waals surface area contributed by atoms with E-state index in [1.54, 1.807) is 0 Å². The highest BCUT2D eigenvalue weighted by Crippen LogP contribution is 2.58. The number of benzene rings is 7. The number of aromatic nitrogens is 6. The second kappa shape index (κ2) is 38.7. The number of rotatable bonds is 40. The lowest BCUT2D eigenvalue weighted by Crippen LogP contribution is -2.13. The fourth-order valence-electron chi connectivity index (χ4n) is 17.6. The van der Waals surface area contributed by atoms with E-state index in [2.05, 4.69) is 64.1 Å². The predicted molar refractivity (Wildman–Crippen MR) is 443 cm³/mol. The van der Waals surface area contributed by atoms with Crippen molar-refractivity contribution < 1.29 is 38.6 Å². The van der Waals surface area contributed by atoms with Crippen LogP contribution in [-0.2, 0) is 0 Å². The number of para-hydroxylation sites is 6. The Morgan fingerprint density at radius 1 is 0.218 bits per heavy atom. The lowest BCUT2D eigenvalue weighted by molar-refractivity contribution is 0.381. The molecule has 0 saturated carbocycles. The Morgan fingerprint density at radius 2 is 0.391 bits per heavy atom. The summed E-state index contributed by atoms with van der Waals surface area (Å²) in [6.45, 7) is 9.13.